The molecule has 1 atom stereocenters. The summed E-state index contributed by atoms with van der Waals surface area (Å²) in [7, 11) is 1.57. The van der Waals surface area contributed by atoms with Crippen LogP contribution in [0.15, 0.2) is 66.7 Å². The zero-order valence-electron chi connectivity index (χ0n) is 17.0. The number of carbonyl (C=O) groups is 3. The van der Waals surface area contributed by atoms with Crippen molar-refractivity contribution in [2.75, 3.05) is 30.4 Å². The van der Waals surface area contributed by atoms with Crippen molar-refractivity contribution in [1.29, 1.82) is 0 Å². The zero-order chi connectivity index (χ0) is 22.0. The lowest BCUT2D eigenvalue weighted by Gasteiger charge is -2.22. The first-order valence-electron chi connectivity index (χ1n) is 10.0. The molecule has 158 valence electrons. The van der Waals surface area contributed by atoms with Crippen LogP contribution in [-0.2, 0) is 14.4 Å². The van der Waals surface area contributed by atoms with E-state index in [2.05, 4.69) is 5.32 Å². The molecule has 1 aliphatic heterocycles. The van der Waals surface area contributed by atoms with Gasteiger partial charge in [-0.05, 0) is 23.6 Å². The molecule has 1 aliphatic rings. The summed E-state index contributed by atoms with van der Waals surface area (Å²) in [6.07, 6.45) is 0.124. The van der Waals surface area contributed by atoms with Crippen LogP contribution in [-0.4, -0.2) is 42.8 Å². The molecular weight excluding hydrogens is 414 g/mol. The molecule has 1 N–H and O–H groups in total. The minimum absolute atomic E-state index is 0.0939. The van der Waals surface area contributed by atoms with Crippen LogP contribution in [0.3, 0.4) is 0 Å². The molecule has 3 aromatic carbocycles. The fraction of sp³-hybridized carbons (Fsp3) is 0.208. The van der Waals surface area contributed by atoms with Gasteiger partial charge < -0.3 is 15.1 Å². The van der Waals surface area contributed by atoms with Gasteiger partial charge in [-0.25, -0.2) is 0 Å². The van der Waals surface area contributed by atoms with Gasteiger partial charge in [0.1, 0.15) is 0 Å². The molecule has 6 nitrogen and oxygen atoms in total. The summed E-state index contributed by atoms with van der Waals surface area (Å²) in [5.41, 5.74) is 1.30. The number of rotatable bonds is 5. The Kier molecular flexibility index (Phi) is 5.91. The van der Waals surface area contributed by atoms with E-state index in [9.17, 15) is 14.4 Å². The van der Waals surface area contributed by atoms with Gasteiger partial charge in [-0.3, -0.25) is 14.4 Å². The highest BCUT2D eigenvalue weighted by atomic mass is 35.5. The van der Waals surface area contributed by atoms with Crippen molar-refractivity contribution >= 4 is 51.5 Å². The fourth-order valence-corrected chi connectivity index (χ4v) is 4.09. The number of halogens is 1. The largest absolute Gasteiger partial charge is 0.336 e. The first-order valence-corrected chi connectivity index (χ1v) is 10.4. The molecule has 0 aromatic heterocycles. The maximum Gasteiger partial charge on any atom is 0.244 e. The van der Waals surface area contributed by atoms with Crippen LogP contribution in [0.2, 0.25) is 5.02 Å². The van der Waals surface area contributed by atoms with Gasteiger partial charge in [0.15, 0.2) is 0 Å². The topological polar surface area (TPSA) is 69.7 Å². The third-order valence-electron chi connectivity index (χ3n) is 5.44. The Labute approximate surface area is 185 Å². The van der Waals surface area contributed by atoms with Gasteiger partial charge in [0, 0.05) is 25.4 Å². The zero-order valence-corrected chi connectivity index (χ0v) is 17.8. The molecule has 0 saturated carbocycles. The van der Waals surface area contributed by atoms with Gasteiger partial charge in [0.2, 0.25) is 17.7 Å². The van der Waals surface area contributed by atoms with Crippen molar-refractivity contribution in [2.24, 2.45) is 5.92 Å². The van der Waals surface area contributed by atoms with Crippen molar-refractivity contribution < 1.29 is 14.4 Å². The number of hydrogen-bond acceptors (Lipinski definition) is 3. The van der Waals surface area contributed by atoms with Gasteiger partial charge in [-0.15, -0.1) is 0 Å². The average Bonchev–Trinajstić information content (AvgIpc) is 3.15. The van der Waals surface area contributed by atoms with E-state index < -0.39 is 5.92 Å². The minimum atomic E-state index is -0.496. The lowest BCUT2D eigenvalue weighted by molar-refractivity contribution is -0.137. The van der Waals surface area contributed by atoms with Crippen molar-refractivity contribution in [3.05, 3.63) is 71.8 Å². The van der Waals surface area contributed by atoms with Gasteiger partial charge in [0.25, 0.3) is 0 Å². The third kappa shape index (κ3) is 4.39. The van der Waals surface area contributed by atoms with Crippen LogP contribution in [0.1, 0.15) is 6.42 Å². The Hall–Kier alpha value is -3.38. The van der Waals surface area contributed by atoms with Crippen LogP contribution < -0.4 is 10.2 Å². The van der Waals surface area contributed by atoms with E-state index in [1.807, 2.05) is 42.5 Å². The summed E-state index contributed by atoms with van der Waals surface area (Å²) < 4.78 is 0. The summed E-state index contributed by atoms with van der Waals surface area (Å²) in [6, 6.07) is 20.6. The van der Waals surface area contributed by atoms with Crippen LogP contribution in [0.25, 0.3) is 10.8 Å². The maximum absolute atomic E-state index is 12.9. The molecule has 0 spiro atoms. The molecule has 1 heterocycles. The van der Waals surface area contributed by atoms with Gasteiger partial charge >= 0.3 is 0 Å². The Morgan fingerprint density at radius 1 is 1.06 bits per heavy atom. The van der Waals surface area contributed by atoms with Gasteiger partial charge in [-0.2, -0.15) is 0 Å². The standard InChI is InChI=1S/C24H22ClN3O3/c1-27(15-22(29)26-20-11-5-4-10-19(20)25)24(31)17-13-23(30)28(14-17)21-12-6-8-16-7-2-3-9-18(16)21/h2-12,17H,13-15H2,1H3,(H,26,29). The van der Waals surface area contributed by atoms with E-state index in [1.165, 1.54) is 4.90 Å². The number of para-hydroxylation sites is 1. The van der Waals surface area contributed by atoms with E-state index in [0.717, 1.165) is 16.5 Å². The molecular formula is C24H22ClN3O3. The van der Waals surface area contributed by atoms with Crippen molar-refractivity contribution in [1.82, 2.24) is 4.90 Å². The fourth-order valence-electron chi connectivity index (χ4n) is 3.91. The number of fused-ring (bicyclic) bond motifs is 1. The molecule has 0 bridgehead atoms. The summed E-state index contributed by atoms with van der Waals surface area (Å²) in [4.78, 5) is 41.0. The van der Waals surface area contributed by atoms with Crippen LogP contribution in [0.4, 0.5) is 11.4 Å². The maximum atomic E-state index is 12.9. The number of benzene rings is 3. The normalized spacial score (nSPS) is 15.9. The highest BCUT2D eigenvalue weighted by molar-refractivity contribution is 6.33. The molecule has 1 unspecified atom stereocenters. The van der Waals surface area contributed by atoms with Crippen molar-refractivity contribution in [3.63, 3.8) is 0 Å². The second-order valence-electron chi connectivity index (χ2n) is 7.63. The van der Waals surface area contributed by atoms with E-state index in [-0.39, 0.29) is 30.7 Å². The number of nitrogens with zero attached hydrogens (tertiary/aromatic N) is 2. The van der Waals surface area contributed by atoms with E-state index in [0.29, 0.717) is 17.3 Å². The molecule has 7 heteroatoms. The highest BCUT2D eigenvalue weighted by Gasteiger charge is 2.37. The predicted molar refractivity (Wildman–Crippen MR) is 122 cm³/mol. The lowest BCUT2D eigenvalue weighted by atomic mass is 10.1. The Morgan fingerprint density at radius 3 is 2.58 bits per heavy atom. The Balaban J connectivity index is 1.43. The molecule has 3 amide bonds. The number of hydrogen-bond donors (Lipinski definition) is 1. The number of nitrogens with one attached hydrogen (secondary N) is 1. The number of carbonyl (C=O) groups excluding carboxylic acids is 3. The number of likely N-dealkylation sites (N-methyl/N-ethyl adjacent to an activating group) is 1. The average molecular weight is 436 g/mol. The molecule has 3 aromatic rings. The van der Waals surface area contributed by atoms with E-state index in [1.54, 1.807) is 36.2 Å². The summed E-state index contributed by atoms with van der Waals surface area (Å²) >= 11 is 6.06. The SMILES string of the molecule is CN(CC(=O)Nc1ccccc1Cl)C(=O)C1CC(=O)N(c2cccc3ccccc23)C1. The van der Waals surface area contributed by atoms with Crippen molar-refractivity contribution in [3.8, 4) is 0 Å². The predicted octanol–water partition coefficient (Wildman–Crippen LogP) is 3.94. The van der Waals surface area contributed by atoms with Crippen LogP contribution in [0.5, 0.6) is 0 Å². The molecule has 0 radical (unpaired) electrons. The molecule has 4 rings (SSSR count). The van der Waals surface area contributed by atoms with Crippen LogP contribution in [0, 0.1) is 5.92 Å². The third-order valence-corrected chi connectivity index (χ3v) is 5.77. The van der Waals surface area contributed by atoms with Crippen LogP contribution >= 0.6 is 11.6 Å². The lowest BCUT2D eigenvalue weighted by Crippen LogP contribution is -2.39. The second kappa shape index (κ2) is 8.78. The second-order valence-corrected chi connectivity index (χ2v) is 8.03. The van der Waals surface area contributed by atoms with Gasteiger partial charge in [0.05, 0.1) is 28.9 Å². The molecule has 31 heavy (non-hydrogen) atoms. The highest BCUT2D eigenvalue weighted by Crippen LogP contribution is 2.32. The minimum Gasteiger partial charge on any atom is -0.336 e. The first-order chi connectivity index (χ1) is 14.9. The Morgan fingerprint density at radius 2 is 1.77 bits per heavy atom. The molecule has 0 aliphatic carbocycles. The quantitative estimate of drug-likeness (QED) is 0.659. The smallest absolute Gasteiger partial charge is 0.244 e. The monoisotopic (exact) mass is 435 g/mol. The molecule has 1 saturated heterocycles. The number of anilines is 2. The van der Waals surface area contributed by atoms with E-state index >= 15 is 0 Å². The first kappa shape index (κ1) is 20.9. The summed E-state index contributed by atoms with van der Waals surface area (Å²) in [5, 5.41) is 5.14. The summed E-state index contributed by atoms with van der Waals surface area (Å²) in [6.45, 7) is 0.172. The van der Waals surface area contributed by atoms with Crippen molar-refractivity contribution in [2.45, 2.75) is 6.42 Å². The molecule has 1 fully saturated rings. The van der Waals surface area contributed by atoms with Gasteiger partial charge in [-0.1, -0.05) is 60.1 Å². The number of amides is 3. The Bertz CT molecular complexity index is 1160. The summed E-state index contributed by atoms with van der Waals surface area (Å²) in [5.74, 6) is -1.17. The van der Waals surface area contributed by atoms with E-state index in [4.69, 9.17) is 11.6 Å².